The van der Waals surface area contributed by atoms with Crippen LogP contribution >= 0.6 is 0 Å². The average Bonchev–Trinajstić information content (AvgIpc) is 3.28. The Kier molecular flexibility index (Phi) is 10.0. The zero-order valence-electron chi connectivity index (χ0n) is 33.0. The van der Waals surface area contributed by atoms with Gasteiger partial charge in [0.1, 0.15) is 40.1 Å². The van der Waals surface area contributed by atoms with Gasteiger partial charge < -0.3 is 29.2 Å². The van der Waals surface area contributed by atoms with Gasteiger partial charge >= 0.3 is 18.5 Å². The quantitative estimate of drug-likeness (QED) is 0.251. The number of rotatable bonds is 5. The maximum absolute atomic E-state index is 17.4. The van der Waals surface area contributed by atoms with E-state index in [0.717, 1.165) is 6.07 Å². The van der Waals surface area contributed by atoms with Crippen LogP contribution in [-0.4, -0.2) is 93.6 Å². The molecule has 19 heteroatoms. The summed E-state index contributed by atoms with van der Waals surface area (Å²) in [4.78, 5) is 65.6. The van der Waals surface area contributed by atoms with Crippen LogP contribution in [-0.2, 0) is 14.3 Å². The van der Waals surface area contributed by atoms with Crippen molar-refractivity contribution in [3.8, 4) is 22.9 Å². The zero-order chi connectivity index (χ0) is 42.3. The number of carbonyl (C=O) groups excluding carboxylic acids is 4. The molecule has 308 valence electrons. The van der Waals surface area contributed by atoms with Gasteiger partial charge in [0.2, 0.25) is 5.88 Å². The molecular formula is C38H43F5N6O8. The summed E-state index contributed by atoms with van der Waals surface area (Å²) in [7, 11) is 1.32. The Hall–Kier alpha value is -5.49. The van der Waals surface area contributed by atoms with E-state index in [1.165, 1.54) is 25.8 Å². The van der Waals surface area contributed by atoms with Crippen molar-refractivity contribution in [1.82, 2.24) is 20.2 Å². The summed E-state index contributed by atoms with van der Waals surface area (Å²) in [5.74, 6) is -5.95. The van der Waals surface area contributed by atoms with E-state index in [1.807, 2.05) is 0 Å². The minimum Gasteiger partial charge on any atom is -0.472 e. The van der Waals surface area contributed by atoms with E-state index < -0.39 is 93.7 Å². The first-order chi connectivity index (χ1) is 26.3. The van der Waals surface area contributed by atoms with Crippen molar-refractivity contribution in [3.05, 3.63) is 35.0 Å². The minimum atomic E-state index is -5.46. The predicted octanol–water partition coefficient (Wildman–Crippen LogP) is 7.19. The lowest BCUT2D eigenvalue weighted by Gasteiger charge is -2.52. The molecule has 2 N–H and O–H groups in total. The third kappa shape index (κ3) is 7.43. The molecule has 2 saturated heterocycles. The van der Waals surface area contributed by atoms with Gasteiger partial charge in [-0.2, -0.15) is 0 Å². The second-order valence-electron chi connectivity index (χ2n) is 16.3. The lowest BCUT2D eigenvalue weighted by Crippen LogP contribution is -2.72. The van der Waals surface area contributed by atoms with Crippen LogP contribution in [0.5, 0.6) is 11.6 Å². The third-order valence-electron chi connectivity index (χ3n) is 10.0. The second kappa shape index (κ2) is 13.9. The Balaban J connectivity index is 1.63. The van der Waals surface area contributed by atoms with Gasteiger partial charge in [-0.05, 0) is 86.8 Å². The number of aryl methyl sites for hydroxylation is 1. The summed E-state index contributed by atoms with van der Waals surface area (Å²) >= 11 is 0. The summed E-state index contributed by atoms with van der Waals surface area (Å²) in [5, 5.41) is 4.23. The number of ether oxygens (including phenoxy) is 4. The molecule has 4 atom stereocenters. The fourth-order valence-electron chi connectivity index (χ4n) is 7.89. The van der Waals surface area contributed by atoms with Crippen molar-refractivity contribution < 1.29 is 60.1 Å². The van der Waals surface area contributed by atoms with Crippen LogP contribution in [0.2, 0.25) is 0 Å². The van der Waals surface area contributed by atoms with E-state index in [0.29, 0.717) is 12.5 Å². The highest BCUT2D eigenvalue weighted by molar-refractivity contribution is 6.07. The number of nitrogens with zero attached hydrogens (tertiary/aromatic N) is 4. The Morgan fingerprint density at radius 2 is 1.63 bits per heavy atom. The molecule has 3 aromatic rings. The topological polar surface area (TPSA) is 162 Å². The number of halogens is 5. The fourth-order valence-corrected chi connectivity index (χ4v) is 7.89. The van der Waals surface area contributed by atoms with E-state index >= 15 is 8.78 Å². The van der Waals surface area contributed by atoms with Crippen LogP contribution in [0.3, 0.4) is 0 Å². The standard InChI is InChI=1S/C38H43F5N6O8/c1-16-23-24-30(46-26(16)31(51)44-10)48-15-37(18(3)50)12-11-22(49(37)34(53)57-36(7,8)9)28(48)17(2)54-32(24)47-27(25(23)40)20-13-19(45-33(52)56-35(4,5)6)14-21(39)29(20)55-38(41,42)43/h13-14,17,22,28H,11-12,15H2,1-10H3,(H,44,51)(H,45,52)/t17-,22-,28+,37+/m0/s1. The van der Waals surface area contributed by atoms with Gasteiger partial charge in [-0.15, -0.1) is 13.2 Å². The Morgan fingerprint density at radius 1 is 0.982 bits per heavy atom. The molecule has 3 aliphatic heterocycles. The number of ketones is 1. The molecule has 0 saturated carbocycles. The lowest BCUT2D eigenvalue weighted by atomic mass is 9.88. The monoisotopic (exact) mass is 806 g/mol. The molecule has 0 radical (unpaired) electrons. The summed E-state index contributed by atoms with van der Waals surface area (Å²) < 4.78 is 96.0. The van der Waals surface area contributed by atoms with E-state index in [-0.39, 0.29) is 52.5 Å². The van der Waals surface area contributed by atoms with Gasteiger partial charge in [-0.25, -0.2) is 28.3 Å². The fraction of sp³-hybridized carbons (Fsp3) is 0.526. The number of anilines is 2. The molecule has 3 aliphatic rings. The number of nitrogens with one attached hydrogen (secondary N) is 2. The highest BCUT2D eigenvalue weighted by Gasteiger charge is 2.63. The van der Waals surface area contributed by atoms with Crippen molar-refractivity contribution in [3.63, 3.8) is 0 Å². The number of fused-ring (bicyclic) bond motifs is 5. The minimum absolute atomic E-state index is 0.0452. The largest absolute Gasteiger partial charge is 0.573 e. The first-order valence-electron chi connectivity index (χ1n) is 18.1. The summed E-state index contributed by atoms with van der Waals surface area (Å²) in [6, 6.07) is -0.199. The third-order valence-corrected chi connectivity index (χ3v) is 10.0. The van der Waals surface area contributed by atoms with Crippen LogP contribution in [0, 0.1) is 18.6 Å². The van der Waals surface area contributed by atoms with E-state index in [2.05, 4.69) is 25.3 Å². The number of amides is 3. The second-order valence-corrected chi connectivity index (χ2v) is 16.3. The number of benzene rings is 1. The Labute approximate surface area is 324 Å². The number of aromatic nitrogens is 2. The summed E-state index contributed by atoms with van der Waals surface area (Å²) in [6.45, 7) is 13.9. The molecule has 2 fully saturated rings. The van der Waals surface area contributed by atoms with Crippen LogP contribution in [0.1, 0.15) is 84.3 Å². The highest BCUT2D eigenvalue weighted by Crippen LogP contribution is 2.51. The zero-order valence-corrected chi connectivity index (χ0v) is 33.0. The molecule has 57 heavy (non-hydrogen) atoms. The number of carbonyl (C=O) groups is 4. The summed E-state index contributed by atoms with van der Waals surface area (Å²) in [5.41, 5.74) is -5.95. The summed E-state index contributed by atoms with van der Waals surface area (Å²) in [6.07, 6.45) is -7.70. The Morgan fingerprint density at radius 3 is 2.21 bits per heavy atom. The van der Waals surface area contributed by atoms with Crippen molar-refractivity contribution >= 4 is 46.2 Å². The van der Waals surface area contributed by atoms with Gasteiger partial charge in [0, 0.05) is 24.2 Å². The molecular weight excluding hydrogens is 763 g/mol. The number of alkyl halides is 3. The molecule has 0 unspecified atom stereocenters. The van der Waals surface area contributed by atoms with Gasteiger partial charge in [-0.1, -0.05) is 0 Å². The molecule has 5 heterocycles. The average molecular weight is 807 g/mol. The maximum Gasteiger partial charge on any atom is 0.573 e. The number of hydrogen-bond donors (Lipinski definition) is 2. The number of hydrogen-bond acceptors (Lipinski definition) is 11. The van der Waals surface area contributed by atoms with Crippen LogP contribution in [0.25, 0.3) is 22.0 Å². The molecule has 0 spiro atoms. The van der Waals surface area contributed by atoms with Crippen LogP contribution < -0.4 is 25.0 Å². The number of pyridine rings is 2. The molecule has 14 nitrogen and oxygen atoms in total. The molecule has 2 bridgehead atoms. The first kappa shape index (κ1) is 41.2. The van der Waals surface area contributed by atoms with Crippen molar-refractivity contribution in [1.29, 1.82) is 0 Å². The number of piperazine rings is 1. The van der Waals surface area contributed by atoms with E-state index in [1.54, 1.807) is 53.4 Å². The number of Topliss-reactive ketones (excluding diaryl/α,β-unsaturated/α-hetero) is 1. The highest BCUT2D eigenvalue weighted by atomic mass is 19.4. The Bertz CT molecular complexity index is 2200. The van der Waals surface area contributed by atoms with Crippen molar-refractivity contribution in [2.45, 2.75) is 116 Å². The first-order valence-corrected chi connectivity index (χ1v) is 18.1. The molecule has 3 amide bonds. The predicted molar refractivity (Wildman–Crippen MR) is 195 cm³/mol. The lowest BCUT2D eigenvalue weighted by molar-refractivity contribution is -0.275. The molecule has 0 aliphatic carbocycles. The van der Waals surface area contributed by atoms with Crippen molar-refractivity contribution in [2.75, 3.05) is 23.8 Å². The van der Waals surface area contributed by atoms with Gasteiger partial charge in [-0.3, -0.25) is 19.8 Å². The van der Waals surface area contributed by atoms with Crippen molar-refractivity contribution in [2.24, 2.45) is 0 Å². The van der Waals surface area contributed by atoms with Gasteiger partial charge in [0.25, 0.3) is 5.91 Å². The van der Waals surface area contributed by atoms with E-state index in [4.69, 9.17) is 14.2 Å². The smallest absolute Gasteiger partial charge is 0.472 e. The SMILES string of the molecule is CNC(=O)c1nc2c3c(nc(-c4cc(NC(=O)OC(C)(C)C)cc(F)c4OC(F)(F)F)c(F)c3c1C)O[C@@H](C)[C@@H]1[C@@H]3CC[C@](C(C)=O)(CN21)N3C(=O)OC(C)(C)C. The van der Waals surface area contributed by atoms with Gasteiger partial charge in [0.15, 0.2) is 23.2 Å². The van der Waals surface area contributed by atoms with E-state index in [9.17, 15) is 32.3 Å². The van der Waals surface area contributed by atoms with Crippen LogP contribution in [0.4, 0.5) is 43.0 Å². The maximum atomic E-state index is 17.4. The molecule has 2 aromatic heterocycles. The molecule has 1 aromatic carbocycles. The van der Waals surface area contributed by atoms with Gasteiger partial charge in [0.05, 0.1) is 29.6 Å². The normalized spacial score (nSPS) is 21.6. The van der Waals surface area contributed by atoms with Crippen LogP contribution in [0.15, 0.2) is 12.1 Å². The molecule has 6 rings (SSSR count).